The van der Waals surface area contributed by atoms with Gasteiger partial charge in [-0.05, 0) is 40.3 Å². The van der Waals surface area contributed by atoms with Gasteiger partial charge in [0.2, 0.25) is 0 Å². The first-order valence-electron chi connectivity index (χ1n) is 12.8. The molecule has 0 radical (unpaired) electrons. The lowest BCUT2D eigenvalue weighted by molar-refractivity contribution is 0.589. The summed E-state index contributed by atoms with van der Waals surface area (Å²) in [6, 6.07) is 37.6. The zero-order valence-electron chi connectivity index (χ0n) is 21.0. The molecule has 0 spiro atoms. The highest BCUT2D eigenvalue weighted by Gasteiger charge is 2.21. The van der Waals surface area contributed by atoms with Gasteiger partial charge in [-0.25, -0.2) is 0 Å². The van der Waals surface area contributed by atoms with Crippen molar-refractivity contribution in [1.29, 1.82) is 0 Å². The number of aromatic nitrogens is 4. The number of aromatic amines is 1. The van der Waals surface area contributed by atoms with Crippen LogP contribution in [-0.4, -0.2) is 19.7 Å². The Kier molecular flexibility index (Phi) is 7.07. The van der Waals surface area contributed by atoms with E-state index in [9.17, 15) is 0 Å². The molecule has 0 aliphatic heterocycles. The molecule has 0 saturated carbocycles. The Morgan fingerprint density at radius 1 is 0.763 bits per heavy atom. The zero-order chi connectivity index (χ0) is 25.7. The lowest BCUT2D eigenvalue weighted by atomic mass is 10.0. The monoisotopic (exact) mass is 515 g/mol. The van der Waals surface area contributed by atoms with Crippen LogP contribution >= 0.6 is 11.8 Å². The summed E-state index contributed by atoms with van der Waals surface area (Å²) in [7, 11) is 0. The molecule has 4 aromatic carbocycles. The van der Waals surface area contributed by atoms with E-state index in [1.165, 1.54) is 33.2 Å². The van der Waals surface area contributed by atoms with Crippen molar-refractivity contribution in [2.45, 2.75) is 29.9 Å². The average Bonchev–Trinajstić information content (AvgIpc) is 3.57. The second kappa shape index (κ2) is 11.1. The highest BCUT2D eigenvalue weighted by Crippen LogP contribution is 2.31. The van der Waals surface area contributed by atoms with Gasteiger partial charge < -0.3 is 15.3 Å². The maximum Gasteiger partial charge on any atom is 0.191 e. The number of para-hydroxylation sites is 1. The molecule has 6 heteroatoms. The summed E-state index contributed by atoms with van der Waals surface area (Å²) in [5, 5.41) is 11.3. The number of nitrogens with zero attached hydrogens (tertiary/aromatic N) is 3. The third-order valence-electron chi connectivity index (χ3n) is 6.83. The van der Waals surface area contributed by atoms with Gasteiger partial charge in [-0.2, -0.15) is 0 Å². The SMILES string of the molecule is NC(Cc1c[nH]c2ccccc12)c1nnc(SCc2ccccc2-c2ccccc2)n1Cc1ccccc1. The first-order chi connectivity index (χ1) is 18.8. The van der Waals surface area contributed by atoms with E-state index >= 15 is 0 Å². The molecule has 2 heterocycles. The Hall–Kier alpha value is -4.13. The summed E-state index contributed by atoms with van der Waals surface area (Å²) in [6.07, 6.45) is 2.73. The number of H-pyrrole nitrogens is 1. The minimum Gasteiger partial charge on any atom is -0.361 e. The van der Waals surface area contributed by atoms with Gasteiger partial charge in [-0.3, -0.25) is 0 Å². The van der Waals surface area contributed by atoms with E-state index in [0.717, 1.165) is 22.3 Å². The molecule has 38 heavy (non-hydrogen) atoms. The van der Waals surface area contributed by atoms with E-state index in [4.69, 9.17) is 5.73 Å². The van der Waals surface area contributed by atoms with Crippen LogP contribution in [-0.2, 0) is 18.7 Å². The molecule has 6 rings (SSSR count). The van der Waals surface area contributed by atoms with Crippen molar-refractivity contribution in [1.82, 2.24) is 19.7 Å². The van der Waals surface area contributed by atoms with E-state index in [0.29, 0.717) is 13.0 Å². The second-order valence-corrected chi connectivity index (χ2v) is 10.3. The number of thioether (sulfide) groups is 1. The molecule has 0 fully saturated rings. The van der Waals surface area contributed by atoms with Gasteiger partial charge in [-0.15, -0.1) is 10.2 Å². The fourth-order valence-electron chi connectivity index (χ4n) is 4.91. The van der Waals surface area contributed by atoms with E-state index in [-0.39, 0.29) is 6.04 Å². The van der Waals surface area contributed by atoms with Gasteiger partial charge in [0.25, 0.3) is 0 Å². The molecular formula is C32H29N5S. The summed E-state index contributed by atoms with van der Waals surface area (Å²) in [6.45, 7) is 0.674. The van der Waals surface area contributed by atoms with Crippen LogP contribution in [0.1, 0.15) is 28.6 Å². The quantitative estimate of drug-likeness (QED) is 0.203. The van der Waals surface area contributed by atoms with Crippen molar-refractivity contribution in [3.8, 4) is 11.1 Å². The zero-order valence-corrected chi connectivity index (χ0v) is 21.8. The smallest absolute Gasteiger partial charge is 0.191 e. The average molecular weight is 516 g/mol. The maximum atomic E-state index is 6.81. The number of hydrogen-bond donors (Lipinski definition) is 2. The summed E-state index contributed by atoms with van der Waals surface area (Å²) < 4.78 is 2.19. The number of rotatable bonds is 9. The van der Waals surface area contributed by atoms with Gasteiger partial charge >= 0.3 is 0 Å². The minimum absolute atomic E-state index is 0.281. The third-order valence-corrected chi connectivity index (χ3v) is 7.85. The Bertz CT molecular complexity index is 1640. The molecule has 0 amide bonds. The van der Waals surface area contributed by atoms with E-state index < -0.39 is 0 Å². The van der Waals surface area contributed by atoms with Crippen molar-refractivity contribution < 1.29 is 0 Å². The number of benzene rings is 4. The third kappa shape index (κ3) is 5.14. The molecule has 6 aromatic rings. The Labute approximate surface area is 226 Å². The fraction of sp³-hybridized carbons (Fsp3) is 0.125. The van der Waals surface area contributed by atoms with Gasteiger partial charge in [-0.1, -0.05) is 115 Å². The normalized spacial score (nSPS) is 12.1. The minimum atomic E-state index is -0.281. The molecule has 1 atom stereocenters. The fourth-order valence-corrected chi connectivity index (χ4v) is 5.86. The van der Waals surface area contributed by atoms with Gasteiger partial charge in [0.05, 0.1) is 12.6 Å². The van der Waals surface area contributed by atoms with Crippen LogP contribution in [0.5, 0.6) is 0 Å². The standard InChI is InChI=1S/C32H29N5S/c33-29(19-26-20-34-30-18-10-9-17-28(26)30)31-35-36-32(37(31)21-23-11-3-1-4-12-23)38-22-25-15-7-8-16-27(25)24-13-5-2-6-14-24/h1-18,20,29,34H,19,21-22,33H2. The molecule has 0 saturated heterocycles. The largest absolute Gasteiger partial charge is 0.361 e. The Morgan fingerprint density at radius 3 is 2.32 bits per heavy atom. The maximum absolute atomic E-state index is 6.81. The van der Waals surface area contributed by atoms with Crippen molar-refractivity contribution in [3.05, 3.63) is 138 Å². The number of hydrogen-bond acceptors (Lipinski definition) is 4. The van der Waals surface area contributed by atoms with E-state index in [1.807, 2.05) is 18.2 Å². The van der Waals surface area contributed by atoms with Gasteiger partial charge in [0.15, 0.2) is 11.0 Å². The van der Waals surface area contributed by atoms with Crippen LogP contribution in [0.2, 0.25) is 0 Å². The Balaban J connectivity index is 1.29. The second-order valence-electron chi connectivity index (χ2n) is 9.39. The van der Waals surface area contributed by atoms with Crippen molar-refractivity contribution >= 4 is 22.7 Å². The van der Waals surface area contributed by atoms with Crippen LogP contribution in [0.15, 0.2) is 121 Å². The first kappa shape index (κ1) is 24.2. The predicted octanol–water partition coefficient (Wildman–Crippen LogP) is 7.01. The van der Waals surface area contributed by atoms with E-state index in [1.54, 1.807) is 11.8 Å². The topological polar surface area (TPSA) is 72.5 Å². The molecule has 0 aliphatic carbocycles. The highest BCUT2D eigenvalue weighted by atomic mass is 32.2. The molecule has 5 nitrogen and oxygen atoms in total. The lowest BCUT2D eigenvalue weighted by Gasteiger charge is -2.15. The summed E-state index contributed by atoms with van der Waals surface area (Å²) in [5.41, 5.74) is 14.0. The van der Waals surface area contributed by atoms with E-state index in [2.05, 4.69) is 117 Å². The number of nitrogens with one attached hydrogen (secondary N) is 1. The predicted molar refractivity (Wildman–Crippen MR) is 156 cm³/mol. The molecule has 188 valence electrons. The van der Waals surface area contributed by atoms with Gasteiger partial charge in [0, 0.05) is 22.9 Å². The summed E-state index contributed by atoms with van der Waals surface area (Å²) >= 11 is 1.70. The van der Waals surface area contributed by atoms with Crippen molar-refractivity contribution in [3.63, 3.8) is 0 Å². The molecule has 2 aromatic heterocycles. The molecule has 0 aliphatic rings. The van der Waals surface area contributed by atoms with Crippen molar-refractivity contribution in [2.75, 3.05) is 0 Å². The van der Waals surface area contributed by atoms with Crippen LogP contribution < -0.4 is 5.73 Å². The van der Waals surface area contributed by atoms with Crippen LogP contribution in [0.4, 0.5) is 0 Å². The van der Waals surface area contributed by atoms with Gasteiger partial charge in [0.1, 0.15) is 0 Å². The van der Waals surface area contributed by atoms with Crippen molar-refractivity contribution in [2.24, 2.45) is 5.73 Å². The molecule has 3 N–H and O–H groups in total. The summed E-state index contributed by atoms with van der Waals surface area (Å²) in [5.74, 6) is 1.59. The summed E-state index contributed by atoms with van der Waals surface area (Å²) in [4.78, 5) is 3.36. The molecular weight excluding hydrogens is 486 g/mol. The van der Waals surface area contributed by atoms with Crippen LogP contribution in [0.25, 0.3) is 22.0 Å². The number of nitrogens with two attached hydrogens (primary N) is 1. The molecule has 0 bridgehead atoms. The highest BCUT2D eigenvalue weighted by molar-refractivity contribution is 7.98. The lowest BCUT2D eigenvalue weighted by Crippen LogP contribution is -2.20. The first-order valence-corrected chi connectivity index (χ1v) is 13.8. The van der Waals surface area contributed by atoms with Crippen LogP contribution in [0, 0.1) is 0 Å². The van der Waals surface area contributed by atoms with Crippen LogP contribution in [0.3, 0.4) is 0 Å². The number of fused-ring (bicyclic) bond motifs is 1. The Morgan fingerprint density at radius 2 is 1.47 bits per heavy atom. The molecule has 1 unspecified atom stereocenters.